The molecule has 2 aliphatic rings. The minimum absolute atomic E-state index is 0.185. The van der Waals surface area contributed by atoms with Gasteiger partial charge >= 0.3 is 6.03 Å². The third-order valence-electron chi connectivity index (χ3n) is 6.97. The van der Waals surface area contributed by atoms with Crippen LogP contribution in [0.3, 0.4) is 0 Å². The first-order chi connectivity index (χ1) is 18.0. The van der Waals surface area contributed by atoms with Crippen LogP contribution in [0.4, 0.5) is 21.9 Å². The molecule has 8 nitrogen and oxygen atoms in total. The molecule has 0 aliphatic carbocycles. The van der Waals surface area contributed by atoms with E-state index in [0.717, 1.165) is 68.7 Å². The number of nitrogens with zero attached hydrogens (tertiary/aromatic N) is 3. The van der Waals surface area contributed by atoms with E-state index in [1.807, 2.05) is 53.1 Å². The van der Waals surface area contributed by atoms with Crippen molar-refractivity contribution >= 4 is 41.3 Å². The molecule has 37 heavy (non-hydrogen) atoms. The van der Waals surface area contributed by atoms with Crippen LogP contribution in [0.15, 0.2) is 65.8 Å². The molecule has 2 aromatic rings. The molecule has 0 radical (unpaired) electrons. The number of allylic oxidation sites excluding steroid dienone is 3. The zero-order valence-corrected chi connectivity index (χ0v) is 21.5. The number of nitrogen functional groups attached to an aromatic ring is 1. The lowest BCUT2D eigenvalue weighted by molar-refractivity contribution is 0.102. The van der Waals surface area contributed by atoms with E-state index < -0.39 is 0 Å². The van der Waals surface area contributed by atoms with Gasteiger partial charge in [-0.05, 0) is 92.9 Å². The Morgan fingerprint density at radius 1 is 1.00 bits per heavy atom. The van der Waals surface area contributed by atoms with E-state index in [-0.39, 0.29) is 11.9 Å². The number of piperidine rings is 1. The molecule has 0 atom stereocenters. The van der Waals surface area contributed by atoms with Crippen LogP contribution in [0.2, 0.25) is 0 Å². The van der Waals surface area contributed by atoms with Crippen LogP contribution in [0, 0.1) is 0 Å². The summed E-state index contributed by atoms with van der Waals surface area (Å²) in [5.41, 5.74) is 10.5. The van der Waals surface area contributed by atoms with Crippen molar-refractivity contribution in [2.75, 3.05) is 42.5 Å². The molecule has 0 unspecified atom stereocenters. The number of aliphatic imine (C=N–C) groups is 1. The highest BCUT2D eigenvalue weighted by molar-refractivity contribution is 6.06. The number of carbonyl (C=O) groups excluding carboxylic acids is 2. The Kier molecular flexibility index (Phi) is 8.61. The maximum absolute atomic E-state index is 12.9. The number of amides is 3. The lowest BCUT2D eigenvalue weighted by Gasteiger charge is -2.35. The smallest absolute Gasteiger partial charge is 0.319 e. The van der Waals surface area contributed by atoms with Gasteiger partial charge in [-0.1, -0.05) is 12.1 Å². The normalized spacial score (nSPS) is 16.7. The molecule has 2 aromatic carbocycles. The summed E-state index contributed by atoms with van der Waals surface area (Å²) in [6.45, 7) is 8.70. The highest BCUT2D eigenvalue weighted by Crippen LogP contribution is 2.26. The third-order valence-corrected chi connectivity index (χ3v) is 6.97. The minimum atomic E-state index is -0.227. The highest BCUT2D eigenvalue weighted by Gasteiger charge is 2.27. The van der Waals surface area contributed by atoms with Gasteiger partial charge in [0.25, 0.3) is 5.91 Å². The molecular formula is C29H36N6O2. The number of hydrogen-bond donors (Lipinski definition) is 3. The van der Waals surface area contributed by atoms with Crippen molar-refractivity contribution in [1.82, 2.24) is 9.80 Å². The van der Waals surface area contributed by atoms with Gasteiger partial charge in [0.2, 0.25) is 0 Å². The van der Waals surface area contributed by atoms with Gasteiger partial charge < -0.3 is 26.2 Å². The molecule has 0 saturated carbocycles. The van der Waals surface area contributed by atoms with Gasteiger partial charge in [-0.2, -0.15) is 0 Å². The minimum Gasteiger partial charge on any atom is -0.397 e. The Morgan fingerprint density at radius 3 is 2.30 bits per heavy atom. The van der Waals surface area contributed by atoms with Gasteiger partial charge in [0.1, 0.15) is 0 Å². The van der Waals surface area contributed by atoms with Gasteiger partial charge in [-0.3, -0.25) is 9.79 Å². The van der Waals surface area contributed by atoms with Crippen LogP contribution in [0.25, 0.3) is 5.57 Å². The van der Waals surface area contributed by atoms with Crippen molar-refractivity contribution in [3.63, 3.8) is 0 Å². The highest BCUT2D eigenvalue weighted by atomic mass is 16.2. The number of hydrogen-bond acceptors (Lipinski definition) is 5. The van der Waals surface area contributed by atoms with Crippen LogP contribution in [0.1, 0.15) is 48.5 Å². The molecule has 0 bridgehead atoms. The first kappa shape index (κ1) is 26.0. The van der Waals surface area contributed by atoms with Crippen molar-refractivity contribution < 1.29 is 9.59 Å². The van der Waals surface area contributed by atoms with Crippen molar-refractivity contribution in [2.24, 2.45) is 4.99 Å². The first-order valence-electron chi connectivity index (χ1n) is 12.9. The number of nitrogens with two attached hydrogens (primary N) is 1. The second-order valence-corrected chi connectivity index (χ2v) is 9.46. The third kappa shape index (κ3) is 6.58. The van der Waals surface area contributed by atoms with Crippen molar-refractivity contribution in [2.45, 2.75) is 38.6 Å². The molecule has 2 heterocycles. The average Bonchev–Trinajstić information content (AvgIpc) is 3.46. The van der Waals surface area contributed by atoms with Crippen LogP contribution >= 0.6 is 0 Å². The summed E-state index contributed by atoms with van der Waals surface area (Å²) in [5, 5.41) is 6.48. The lowest BCUT2D eigenvalue weighted by Crippen LogP contribution is -2.47. The van der Waals surface area contributed by atoms with E-state index >= 15 is 0 Å². The number of benzene rings is 2. The molecule has 0 aromatic heterocycles. The summed E-state index contributed by atoms with van der Waals surface area (Å²) in [4.78, 5) is 33.2. The fourth-order valence-electron chi connectivity index (χ4n) is 4.81. The fourth-order valence-corrected chi connectivity index (χ4v) is 4.81. The first-order valence-corrected chi connectivity index (χ1v) is 12.9. The molecule has 4 N–H and O–H groups in total. The number of likely N-dealkylation sites (tertiary alicyclic amines) is 2. The summed E-state index contributed by atoms with van der Waals surface area (Å²) >= 11 is 0. The van der Waals surface area contributed by atoms with E-state index in [4.69, 9.17) is 5.73 Å². The maximum atomic E-state index is 12.9. The standard InChI is InChI=1S/C29H36N6O2/c1-3-21(12-15-31-2)23-8-11-26(30)27(20-23)33-28(36)22-6-9-24(10-7-22)32-25-13-18-35(19-14-25)29(37)34-16-4-5-17-34/h3,6-12,15,20,25,32H,2,4-5,13-14,16-19,30H2,1H3,(H,33,36)/b15-12-,21-3+. The Morgan fingerprint density at radius 2 is 1.65 bits per heavy atom. The van der Waals surface area contributed by atoms with Crippen LogP contribution in [-0.2, 0) is 0 Å². The monoisotopic (exact) mass is 500 g/mol. The van der Waals surface area contributed by atoms with Gasteiger partial charge in [-0.15, -0.1) is 0 Å². The van der Waals surface area contributed by atoms with Crippen molar-refractivity contribution in [3.8, 4) is 0 Å². The van der Waals surface area contributed by atoms with Crippen LogP contribution in [0.5, 0.6) is 0 Å². The number of rotatable bonds is 7. The summed E-state index contributed by atoms with van der Waals surface area (Å²) in [6, 6.07) is 13.5. The molecule has 8 heteroatoms. The Balaban J connectivity index is 1.32. The molecular weight excluding hydrogens is 464 g/mol. The zero-order valence-electron chi connectivity index (χ0n) is 21.5. The second kappa shape index (κ2) is 12.3. The summed E-state index contributed by atoms with van der Waals surface area (Å²) < 4.78 is 0. The van der Waals surface area contributed by atoms with E-state index in [1.165, 1.54) is 0 Å². The molecule has 2 fully saturated rings. The molecule has 0 spiro atoms. The SMILES string of the molecule is C=N/C=C\C(=C/C)c1ccc(N)c(NC(=O)c2ccc(NC3CCN(C(=O)N4CCCC4)CC3)cc2)c1. The predicted octanol–water partition coefficient (Wildman–Crippen LogP) is 5.23. The van der Waals surface area contributed by atoms with Gasteiger partial charge in [-0.25, -0.2) is 4.79 Å². The Labute approximate surface area is 218 Å². The summed E-state index contributed by atoms with van der Waals surface area (Å²) in [7, 11) is 0. The van der Waals surface area contributed by atoms with Gasteiger partial charge in [0.15, 0.2) is 0 Å². The quantitative estimate of drug-likeness (QED) is 0.275. The van der Waals surface area contributed by atoms with E-state index in [2.05, 4.69) is 22.3 Å². The molecule has 194 valence electrons. The zero-order chi connectivity index (χ0) is 26.2. The van der Waals surface area contributed by atoms with Crippen molar-refractivity contribution in [1.29, 1.82) is 0 Å². The molecule has 2 aliphatic heterocycles. The van der Waals surface area contributed by atoms with Crippen LogP contribution < -0.4 is 16.4 Å². The molecule has 4 rings (SSSR count). The fraction of sp³-hybridized carbons (Fsp3) is 0.345. The van der Waals surface area contributed by atoms with Gasteiger partial charge in [0.05, 0.1) is 11.4 Å². The van der Waals surface area contributed by atoms with E-state index in [1.54, 1.807) is 24.4 Å². The van der Waals surface area contributed by atoms with Gasteiger partial charge in [0, 0.05) is 49.7 Å². The lowest BCUT2D eigenvalue weighted by atomic mass is 10.0. The number of carbonyl (C=O) groups is 2. The van der Waals surface area contributed by atoms with E-state index in [9.17, 15) is 9.59 Å². The Hall–Kier alpha value is -4.07. The summed E-state index contributed by atoms with van der Waals surface area (Å²) in [6.07, 6.45) is 9.47. The molecule has 3 amide bonds. The Bertz CT molecular complexity index is 1170. The topological polar surface area (TPSA) is 103 Å². The number of anilines is 3. The van der Waals surface area contributed by atoms with E-state index in [0.29, 0.717) is 23.0 Å². The summed E-state index contributed by atoms with van der Waals surface area (Å²) in [5.74, 6) is -0.227. The predicted molar refractivity (Wildman–Crippen MR) is 152 cm³/mol. The molecule has 2 saturated heterocycles. The maximum Gasteiger partial charge on any atom is 0.319 e. The van der Waals surface area contributed by atoms with Crippen molar-refractivity contribution in [3.05, 3.63) is 71.9 Å². The largest absolute Gasteiger partial charge is 0.397 e. The average molecular weight is 501 g/mol. The second-order valence-electron chi connectivity index (χ2n) is 9.46. The van der Waals surface area contributed by atoms with Crippen LogP contribution in [-0.4, -0.2) is 60.7 Å². The number of nitrogens with one attached hydrogen (secondary N) is 2. The number of urea groups is 1.